The van der Waals surface area contributed by atoms with Crippen molar-refractivity contribution in [3.05, 3.63) is 72.3 Å². The third kappa shape index (κ3) is 3.61. The van der Waals surface area contributed by atoms with Gasteiger partial charge in [0.25, 0.3) is 0 Å². The van der Waals surface area contributed by atoms with Gasteiger partial charge in [0.05, 0.1) is 18.8 Å². The molecule has 4 rings (SSSR count). The molecular weight excluding hydrogens is 342 g/mol. The number of nitrogens with one attached hydrogen (secondary N) is 1. The lowest BCUT2D eigenvalue weighted by Crippen LogP contribution is -2.41. The second-order valence-electron chi connectivity index (χ2n) is 6.17. The number of hydrogen-bond donors (Lipinski definition) is 2. The number of carbonyl (C=O) groups excluding carboxylic acids is 1. The zero-order valence-corrected chi connectivity index (χ0v) is 14.6. The summed E-state index contributed by atoms with van der Waals surface area (Å²) in [7, 11) is 0. The zero-order valence-electron chi connectivity index (χ0n) is 14.6. The Hall–Kier alpha value is -3.38. The van der Waals surface area contributed by atoms with Gasteiger partial charge in [0.15, 0.2) is 11.6 Å². The third-order valence-electron chi connectivity index (χ3n) is 4.37. The van der Waals surface area contributed by atoms with Gasteiger partial charge in [0.1, 0.15) is 6.61 Å². The Kier molecular flexibility index (Phi) is 4.72. The number of amides is 2. The lowest BCUT2D eigenvalue weighted by molar-refractivity contribution is 0.249. The van der Waals surface area contributed by atoms with Gasteiger partial charge in [0, 0.05) is 11.3 Å². The first-order chi connectivity index (χ1) is 13.2. The van der Waals surface area contributed by atoms with Crippen molar-refractivity contribution in [1.29, 1.82) is 0 Å². The number of ether oxygens (including phenoxy) is 1. The summed E-state index contributed by atoms with van der Waals surface area (Å²) in [6, 6.07) is 20.3. The average Bonchev–Trinajstić information content (AvgIpc) is 2.73. The predicted octanol–water partition coefficient (Wildman–Crippen LogP) is 3.67. The second kappa shape index (κ2) is 7.47. The van der Waals surface area contributed by atoms with Gasteiger partial charge in [-0.25, -0.2) is 9.78 Å². The Bertz CT molecular complexity index is 943. The fraction of sp³-hybridized carbons (Fsp3) is 0.143. The molecule has 0 atom stereocenters. The Morgan fingerprint density at radius 3 is 2.59 bits per heavy atom. The summed E-state index contributed by atoms with van der Waals surface area (Å²) in [5.74, 6) is 1.08. The molecule has 3 aromatic rings. The van der Waals surface area contributed by atoms with E-state index >= 15 is 0 Å². The zero-order chi connectivity index (χ0) is 18.6. The summed E-state index contributed by atoms with van der Waals surface area (Å²) < 4.78 is 5.66. The molecule has 1 aliphatic heterocycles. The lowest BCUT2D eigenvalue weighted by atomic mass is 10.1. The molecule has 0 saturated heterocycles. The maximum absolute atomic E-state index is 12.8. The van der Waals surface area contributed by atoms with Crippen LogP contribution in [-0.2, 0) is 6.61 Å². The van der Waals surface area contributed by atoms with Gasteiger partial charge in [-0.05, 0) is 29.8 Å². The van der Waals surface area contributed by atoms with Gasteiger partial charge in [0.2, 0.25) is 0 Å². The quantitative estimate of drug-likeness (QED) is 0.746. The van der Waals surface area contributed by atoms with Crippen LogP contribution in [0.1, 0.15) is 5.56 Å². The third-order valence-corrected chi connectivity index (χ3v) is 4.37. The molecule has 6 nitrogen and oxygen atoms in total. The first-order valence-corrected chi connectivity index (χ1v) is 8.72. The summed E-state index contributed by atoms with van der Waals surface area (Å²) in [6.07, 6.45) is 0. The maximum Gasteiger partial charge on any atom is 0.327 e. The molecule has 0 unspecified atom stereocenters. The van der Waals surface area contributed by atoms with Crippen LogP contribution in [0.2, 0.25) is 0 Å². The molecule has 0 radical (unpaired) electrons. The molecule has 1 aliphatic rings. The number of aliphatic hydroxyl groups is 1. The number of urea groups is 1. The van der Waals surface area contributed by atoms with Gasteiger partial charge >= 0.3 is 6.03 Å². The van der Waals surface area contributed by atoms with E-state index in [9.17, 15) is 9.90 Å². The number of hydrogen-bond acceptors (Lipinski definition) is 4. The smallest absolute Gasteiger partial charge is 0.327 e. The largest absolute Gasteiger partial charge is 0.488 e. The number of rotatable bonds is 3. The second-order valence-corrected chi connectivity index (χ2v) is 6.17. The van der Waals surface area contributed by atoms with Crippen molar-refractivity contribution in [2.45, 2.75) is 6.61 Å². The van der Waals surface area contributed by atoms with Crippen molar-refractivity contribution in [3.63, 3.8) is 0 Å². The number of para-hydroxylation sites is 1. The van der Waals surface area contributed by atoms with Gasteiger partial charge in [-0.15, -0.1) is 0 Å². The topological polar surface area (TPSA) is 74.7 Å². The highest BCUT2D eigenvalue weighted by molar-refractivity contribution is 6.02. The Balaban J connectivity index is 1.63. The molecule has 2 N–H and O–H groups in total. The van der Waals surface area contributed by atoms with E-state index in [1.54, 1.807) is 4.90 Å². The summed E-state index contributed by atoms with van der Waals surface area (Å²) in [5.41, 5.74) is 3.21. The van der Waals surface area contributed by atoms with Crippen LogP contribution in [0.3, 0.4) is 0 Å². The van der Waals surface area contributed by atoms with Crippen LogP contribution in [0.4, 0.5) is 16.3 Å². The highest BCUT2D eigenvalue weighted by Gasteiger charge is 2.26. The van der Waals surface area contributed by atoms with Crippen molar-refractivity contribution in [1.82, 2.24) is 4.98 Å². The number of carbonyl (C=O) groups is 1. The minimum absolute atomic E-state index is 0.000822. The molecule has 0 fully saturated rings. The van der Waals surface area contributed by atoms with Gasteiger partial charge in [-0.3, -0.25) is 4.90 Å². The molecular formula is C21H19N3O3. The normalized spacial score (nSPS) is 12.9. The first-order valence-electron chi connectivity index (χ1n) is 8.72. The van der Waals surface area contributed by atoms with E-state index in [1.807, 2.05) is 66.7 Å². The molecule has 2 aromatic carbocycles. The molecule has 0 aliphatic carbocycles. The number of aromatic nitrogens is 1. The number of aliphatic hydroxyl groups excluding tert-OH is 1. The number of benzene rings is 2. The van der Waals surface area contributed by atoms with Crippen molar-refractivity contribution in [2.24, 2.45) is 0 Å². The van der Waals surface area contributed by atoms with Gasteiger partial charge < -0.3 is 15.2 Å². The summed E-state index contributed by atoms with van der Waals surface area (Å²) in [5, 5.41) is 12.1. The molecule has 6 heteroatoms. The number of anilines is 2. The Labute approximate surface area is 157 Å². The molecule has 136 valence electrons. The van der Waals surface area contributed by atoms with E-state index in [0.29, 0.717) is 24.7 Å². The number of nitrogens with zero attached hydrogens (tertiary/aromatic N) is 2. The lowest BCUT2D eigenvalue weighted by Gasteiger charge is -2.28. The fourth-order valence-corrected chi connectivity index (χ4v) is 2.95. The molecule has 2 amide bonds. The molecule has 2 heterocycles. The van der Waals surface area contributed by atoms with E-state index in [0.717, 1.165) is 22.5 Å². The van der Waals surface area contributed by atoms with Crippen molar-refractivity contribution >= 4 is 17.5 Å². The van der Waals surface area contributed by atoms with Crippen LogP contribution < -0.4 is 15.0 Å². The maximum atomic E-state index is 12.8. The first kappa shape index (κ1) is 17.1. The number of pyridine rings is 1. The monoisotopic (exact) mass is 361 g/mol. The average molecular weight is 361 g/mol. The fourth-order valence-electron chi connectivity index (χ4n) is 2.95. The van der Waals surface area contributed by atoms with E-state index in [2.05, 4.69) is 10.3 Å². The highest BCUT2D eigenvalue weighted by atomic mass is 16.5. The van der Waals surface area contributed by atoms with E-state index < -0.39 is 0 Å². The minimum Gasteiger partial charge on any atom is -0.488 e. The van der Waals surface area contributed by atoms with Crippen LogP contribution in [0, 0.1) is 0 Å². The van der Waals surface area contributed by atoms with Crippen LogP contribution >= 0.6 is 0 Å². The minimum atomic E-state index is -0.244. The van der Waals surface area contributed by atoms with Gasteiger partial charge in [-0.2, -0.15) is 0 Å². The van der Waals surface area contributed by atoms with Crippen molar-refractivity contribution < 1.29 is 14.6 Å². The van der Waals surface area contributed by atoms with E-state index in [1.165, 1.54) is 0 Å². The number of fused-ring (bicyclic) bond motifs is 1. The Morgan fingerprint density at radius 2 is 1.85 bits per heavy atom. The highest BCUT2D eigenvalue weighted by Crippen LogP contribution is 2.33. The summed E-state index contributed by atoms with van der Waals surface area (Å²) in [4.78, 5) is 19.0. The standard InChI is InChI=1S/C21H19N3O3/c25-14-15-6-8-16(9-7-15)18-10-11-19-20(23-18)24(12-13-27-19)21(26)22-17-4-2-1-3-5-17/h1-11,25H,12-14H2,(H,22,26). The van der Waals surface area contributed by atoms with Crippen LogP contribution in [-0.4, -0.2) is 29.3 Å². The van der Waals surface area contributed by atoms with Crippen LogP contribution in [0.25, 0.3) is 11.3 Å². The molecule has 0 bridgehead atoms. The van der Waals surface area contributed by atoms with Crippen LogP contribution in [0.15, 0.2) is 66.7 Å². The molecule has 0 saturated carbocycles. The summed E-state index contributed by atoms with van der Waals surface area (Å²) in [6.45, 7) is 0.839. The van der Waals surface area contributed by atoms with E-state index in [-0.39, 0.29) is 12.6 Å². The molecule has 27 heavy (non-hydrogen) atoms. The summed E-state index contributed by atoms with van der Waals surface area (Å²) >= 11 is 0. The SMILES string of the molecule is O=C(Nc1ccccc1)N1CCOc2ccc(-c3ccc(CO)cc3)nc21. The molecule has 0 spiro atoms. The van der Waals surface area contributed by atoms with Crippen LogP contribution in [0.5, 0.6) is 5.75 Å². The van der Waals surface area contributed by atoms with Gasteiger partial charge in [-0.1, -0.05) is 42.5 Å². The van der Waals surface area contributed by atoms with Crippen molar-refractivity contribution in [3.8, 4) is 17.0 Å². The molecule has 1 aromatic heterocycles. The van der Waals surface area contributed by atoms with Crippen molar-refractivity contribution in [2.75, 3.05) is 23.4 Å². The predicted molar refractivity (Wildman–Crippen MR) is 104 cm³/mol. The van der Waals surface area contributed by atoms with E-state index in [4.69, 9.17) is 4.74 Å². The Morgan fingerprint density at radius 1 is 1.07 bits per heavy atom.